The van der Waals surface area contributed by atoms with Crippen LogP contribution in [0.3, 0.4) is 0 Å². The average Bonchev–Trinajstić information content (AvgIpc) is 3.04. The lowest BCUT2D eigenvalue weighted by Gasteiger charge is -2.13. The number of urea groups is 1. The molecule has 0 heterocycles. The molecule has 1 saturated carbocycles. The Morgan fingerprint density at radius 1 is 1.37 bits per heavy atom. The zero-order valence-corrected chi connectivity index (χ0v) is 10.9. The van der Waals surface area contributed by atoms with E-state index in [9.17, 15) is 9.59 Å². The molecule has 2 rings (SSSR count). The Bertz CT molecular complexity index is 495. The van der Waals surface area contributed by atoms with Crippen LogP contribution < -0.4 is 10.6 Å². The van der Waals surface area contributed by atoms with Crippen LogP contribution in [0.25, 0.3) is 0 Å². The molecule has 5 heteroatoms. The minimum Gasteiger partial charge on any atom is -0.481 e. The van der Waals surface area contributed by atoms with E-state index in [0.717, 1.165) is 18.4 Å². The quantitative estimate of drug-likeness (QED) is 0.762. The van der Waals surface area contributed by atoms with Crippen molar-refractivity contribution in [3.63, 3.8) is 0 Å². The van der Waals surface area contributed by atoms with Gasteiger partial charge in [-0.25, -0.2) is 4.79 Å². The standard InChI is InChI=1S/C14H18N2O3/c1-14(7-8-14)16-13(19)15-11-4-2-3-10(9-11)5-6-12(17)18/h2-4,9H,5-8H2,1H3,(H,17,18)(H2,15,16,19). The highest BCUT2D eigenvalue weighted by molar-refractivity contribution is 5.90. The third-order valence-corrected chi connectivity index (χ3v) is 3.23. The molecule has 0 radical (unpaired) electrons. The number of benzene rings is 1. The van der Waals surface area contributed by atoms with Crippen LogP contribution in [-0.2, 0) is 11.2 Å². The van der Waals surface area contributed by atoms with E-state index < -0.39 is 5.97 Å². The van der Waals surface area contributed by atoms with Crippen LogP contribution in [0, 0.1) is 0 Å². The van der Waals surface area contributed by atoms with E-state index in [1.807, 2.05) is 19.1 Å². The molecule has 5 nitrogen and oxygen atoms in total. The smallest absolute Gasteiger partial charge is 0.319 e. The molecule has 2 amide bonds. The summed E-state index contributed by atoms with van der Waals surface area (Å²) in [6.07, 6.45) is 2.58. The van der Waals surface area contributed by atoms with Gasteiger partial charge in [0.25, 0.3) is 0 Å². The van der Waals surface area contributed by atoms with Gasteiger partial charge < -0.3 is 15.7 Å². The Hall–Kier alpha value is -2.04. The number of hydrogen-bond donors (Lipinski definition) is 3. The maximum atomic E-state index is 11.7. The van der Waals surface area contributed by atoms with Gasteiger partial charge in [0.1, 0.15) is 0 Å². The van der Waals surface area contributed by atoms with Crippen molar-refractivity contribution >= 4 is 17.7 Å². The fourth-order valence-corrected chi connectivity index (χ4v) is 1.80. The fraction of sp³-hybridized carbons (Fsp3) is 0.429. The average molecular weight is 262 g/mol. The van der Waals surface area contributed by atoms with E-state index in [1.165, 1.54) is 0 Å². The van der Waals surface area contributed by atoms with Crippen molar-refractivity contribution in [2.75, 3.05) is 5.32 Å². The summed E-state index contributed by atoms with van der Waals surface area (Å²) in [6, 6.07) is 7.05. The predicted molar refractivity (Wildman–Crippen MR) is 72.2 cm³/mol. The molecule has 1 aromatic carbocycles. The molecule has 3 N–H and O–H groups in total. The van der Waals surface area contributed by atoms with E-state index in [1.54, 1.807) is 12.1 Å². The van der Waals surface area contributed by atoms with Crippen molar-refractivity contribution in [3.05, 3.63) is 29.8 Å². The van der Waals surface area contributed by atoms with Gasteiger partial charge in [-0.15, -0.1) is 0 Å². The lowest BCUT2D eigenvalue weighted by atomic mass is 10.1. The van der Waals surface area contributed by atoms with Crippen molar-refractivity contribution in [2.45, 2.75) is 38.1 Å². The van der Waals surface area contributed by atoms with Gasteiger partial charge in [0.2, 0.25) is 0 Å². The van der Waals surface area contributed by atoms with Crippen molar-refractivity contribution in [1.29, 1.82) is 0 Å². The van der Waals surface area contributed by atoms with Crippen molar-refractivity contribution < 1.29 is 14.7 Å². The largest absolute Gasteiger partial charge is 0.481 e. The van der Waals surface area contributed by atoms with Gasteiger partial charge in [-0.1, -0.05) is 12.1 Å². The second-order valence-electron chi connectivity index (χ2n) is 5.23. The summed E-state index contributed by atoms with van der Waals surface area (Å²) >= 11 is 0. The first kappa shape index (κ1) is 13.4. The Labute approximate surface area is 112 Å². The highest BCUT2D eigenvalue weighted by Gasteiger charge is 2.38. The first-order valence-electron chi connectivity index (χ1n) is 6.37. The van der Waals surface area contributed by atoms with Gasteiger partial charge in [-0.3, -0.25) is 4.79 Å². The number of anilines is 1. The SMILES string of the molecule is CC1(NC(=O)Nc2cccc(CCC(=O)O)c2)CC1. The van der Waals surface area contributed by atoms with E-state index >= 15 is 0 Å². The number of aryl methyl sites for hydroxylation is 1. The summed E-state index contributed by atoms with van der Waals surface area (Å²) in [4.78, 5) is 22.2. The van der Waals surface area contributed by atoms with Crippen LogP contribution in [0.15, 0.2) is 24.3 Å². The summed E-state index contributed by atoms with van der Waals surface area (Å²) in [5.74, 6) is -0.822. The first-order chi connectivity index (χ1) is 8.97. The number of rotatable bonds is 5. The number of carboxylic acids is 1. The van der Waals surface area contributed by atoms with Crippen molar-refractivity contribution in [1.82, 2.24) is 5.32 Å². The van der Waals surface area contributed by atoms with Crippen LogP contribution in [0.4, 0.5) is 10.5 Å². The maximum Gasteiger partial charge on any atom is 0.319 e. The van der Waals surface area contributed by atoms with Gasteiger partial charge in [0.05, 0.1) is 0 Å². The van der Waals surface area contributed by atoms with Crippen molar-refractivity contribution in [3.8, 4) is 0 Å². The molecule has 1 aliphatic rings. The molecule has 0 unspecified atom stereocenters. The molecule has 1 aromatic rings. The molecule has 0 atom stereocenters. The number of carbonyl (C=O) groups excluding carboxylic acids is 1. The van der Waals surface area contributed by atoms with Crippen LogP contribution in [0.2, 0.25) is 0 Å². The molecule has 1 aliphatic carbocycles. The van der Waals surface area contributed by atoms with Gasteiger partial charge in [0, 0.05) is 17.6 Å². The van der Waals surface area contributed by atoms with E-state index in [2.05, 4.69) is 10.6 Å². The summed E-state index contributed by atoms with van der Waals surface area (Å²) in [7, 11) is 0. The maximum absolute atomic E-state index is 11.7. The van der Waals surface area contributed by atoms with Gasteiger partial charge in [-0.2, -0.15) is 0 Å². The number of hydrogen-bond acceptors (Lipinski definition) is 2. The minimum absolute atomic E-state index is 0.0506. The van der Waals surface area contributed by atoms with Gasteiger partial charge in [0.15, 0.2) is 0 Å². The highest BCUT2D eigenvalue weighted by atomic mass is 16.4. The molecule has 0 aliphatic heterocycles. The topological polar surface area (TPSA) is 78.4 Å². The number of carboxylic acid groups (broad SMARTS) is 1. The Balaban J connectivity index is 1.90. The van der Waals surface area contributed by atoms with Gasteiger partial charge in [-0.05, 0) is 43.9 Å². The van der Waals surface area contributed by atoms with E-state index in [0.29, 0.717) is 12.1 Å². The lowest BCUT2D eigenvalue weighted by Crippen LogP contribution is -2.37. The predicted octanol–water partition coefficient (Wildman–Crippen LogP) is 2.38. The normalized spacial score (nSPS) is 15.6. The van der Waals surface area contributed by atoms with Crippen LogP contribution in [0.5, 0.6) is 0 Å². The molecule has 0 saturated heterocycles. The number of aliphatic carboxylic acids is 1. The zero-order chi connectivity index (χ0) is 13.9. The molecule has 0 bridgehead atoms. The molecule has 1 fully saturated rings. The van der Waals surface area contributed by atoms with Crippen LogP contribution in [-0.4, -0.2) is 22.6 Å². The Morgan fingerprint density at radius 3 is 2.74 bits per heavy atom. The summed E-state index contributed by atoms with van der Waals surface area (Å²) in [6.45, 7) is 2.01. The fourth-order valence-electron chi connectivity index (χ4n) is 1.80. The lowest BCUT2D eigenvalue weighted by molar-refractivity contribution is -0.136. The second kappa shape index (κ2) is 5.30. The molecule has 0 aromatic heterocycles. The van der Waals surface area contributed by atoms with E-state index in [-0.39, 0.29) is 18.0 Å². The Kier molecular flexibility index (Phi) is 3.74. The molecular formula is C14H18N2O3. The molecule has 0 spiro atoms. The summed E-state index contributed by atoms with van der Waals surface area (Å²) in [5.41, 5.74) is 1.54. The Morgan fingerprint density at radius 2 is 2.11 bits per heavy atom. The zero-order valence-electron chi connectivity index (χ0n) is 10.9. The second-order valence-corrected chi connectivity index (χ2v) is 5.23. The molecular weight excluding hydrogens is 244 g/mol. The third-order valence-electron chi connectivity index (χ3n) is 3.23. The van der Waals surface area contributed by atoms with Crippen LogP contribution >= 0.6 is 0 Å². The first-order valence-corrected chi connectivity index (χ1v) is 6.37. The summed E-state index contributed by atoms with van der Waals surface area (Å²) < 4.78 is 0. The highest BCUT2D eigenvalue weighted by Crippen LogP contribution is 2.34. The monoisotopic (exact) mass is 262 g/mol. The third kappa shape index (κ3) is 4.28. The van der Waals surface area contributed by atoms with Gasteiger partial charge >= 0.3 is 12.0 Å². The molecule has 102 valence electrons. The molecule has 19 heavy (non-hydrogen) atoms. The van der Waals surface area contributed by atoms with Crippen molar-refractivity contribution in [2.24, 2.45) is 0 Å². The van der Waals surface area contributed by atoms with E-state index in [4.69, 9.17) is 5.11 Å². The summed E-state index contributed by atoms with van der Waals surface area (Å²) in [5, 5.41) is 14.3. The number of carbonyl (C=O) groups is 2. The van der Waals surface area contributed by atoms with Crippen LogP contribution in [0.1, 0.15) is 31.7 Å². The number of nitrogens with one attached hydrogen (secondary N) is 2. The number of amides is 2. The minimum atomic E-state index is -0.822.